The number of phenolic OH excluding ortho intramolecular Hbond substituents is 2. The van der Waals surface area contributed by atoms with Crippen LogP contribution in [0.2, 0.25) is 0 Å². The van der Waals surface area contributed by atoms with Gasteiger partial charge in [0.05, 0.1) is 24.0 Å². The first-order valence-corrected chi connectivity index (χ1v) is 5.50. The van der Waals surface area contributed by atoms with Gasteiger partial charge in [-0.05, 0) is 0 Å². The molecule has 0 aliphatic rings. The van der Waals surface area contributed by atoms with Crippen molar-refractivity contribution in [2.75, 3.05) is 12.8 Å². The summed E-state index contributed by atoms with van der Waals surface area (Å²) in [5.74, 6) is -1.12. The number of anilines is 1. The van der Waals surface area contributed by atoms with Gasteiger partial charge in [-0.1, -0.05) is 0 Å². The lowest BCUT2D eigenvalue weighted by atomic mass is 10.2. The van der Waals surface area contributed by atoms with Gasteiger partial charge >= 0.3 is 5.97 Å². The highest BCUT2D eigenvalue weighted by molar-refractivity contribution is 5.96. The molecule has 0 radical (unpaired) electrons. The molecule has 0 unspecified atom stereocenters. The summed E-state index contributed by atoms with van der Waals surface area (Å²) in [4.78, 5) is 11.8. The van der Waals surface area contributed by atoms with E-state index >= 15 is 0 Å². The lowest BCUT2D eigenvalue weighted by Crippen LogP contribution is -2.11. The Morgan fingerprint density at radius 1 is 1.35 bits per heavy atom. The first-order valence-electron chi connectivity index (χ1n) is 5.50. The van der Waals surface area contributed by atoms with E-state index in [4.69, 9.17) is 11.0 Å². The highest BCUT2D eigenvalue weighted by atomic mass is 16.5. The second-order valence-electron chi connectivity index (χ2n) is 3.99. The molecule has 0 aliphatic carbocycles. The smallest absolute Gasteiger partial charge is 0.357 e. The Kier molecular flexibility index (Phi) is 3.23. The van der Waals surface area contributed by atoms with Crippen LogP contribution in [0, 0.1) is 11.3 Å². The number of carbonyl (C=O) groups excluding carboxylic acids is 1. The quantitative estimate of drug-likeness (QED) is 0.705. The number of nitrogens with two attached hydrogens (primary N) is 1. The van der Waals surface area contributed by atoms with E-state index < -0.39 is 5.97 Å². The Morgan fingerprint density at radius 2 is 1.95 bits per heavy atom. The second-order valence-corrected chi connectivity index (χ2v) is 3.99. The Bertz CT molecular complexity index is 708. The molecule has 0 saturated heterocycles. The summed E-state index contributed by atoms with van der Waals surface area (Å²) in [6.45, 7) is 0. The van der Waals surface area contributed by atoms with Gasteiger partial charge in [-0.25, -0.2) is 4.79 Å². The van der Waals surface area contributed by atoms with Crippen LogP contribution in [0.5, 0.6) is 11.5 Å². The van der Waals surface area contributed by atoms with Crippen molar-refractivity contribution in [2.24, 2.45) is 0 Å². The number of nitrogen functional groups attached to an aromatic ring is 1. The molecule has 7 nitrogen and oxygen atoms in total. The van der Waals surface area contributed by atoms with Gasteiger partial charge in [-0.15, -0.1) is 0 Å². The summed E-state index contributed by atoms with van der Waals surface area (Å²) in [6.07, 6.45) is 1.33. The number of hydrogen-bond donors (Lipinski definition) is 3. The zero-order chi connectivity index (χ0) is 14.9. The topological polar surface area (TPSA) is 122 Å². The number of aromatic hydroxyl groups is 2. The monoisotopic (exact) mass is 273 g/mol. The third-order valence-electron chi connectivity index (χ3n) is 2.71. The Balaban J connectivity index is 2.73. The second kappa shape index (κ2) is 4.85. The molecule has 1 aromatic heterocycles. The van der Waals surface area contributed by atoms with E-state index in [1.54, 1.807) is 0 Å². The molecule has 2 aromatic rings. The van der Waals surface area contributed by atoms with Crippen molar-refractivity contribution in [3.8, 4) is 23.3 Å². The van der Waals surface area contributed by atoms with E-state index in [1.807, 2.05) is 6.07 Å². The number of phenols is 2. The number of hydrogen-bond acceptors (Lipinski definition) is 6. The maximum absolute atomic E-state index is 11.8. The van der Waals surface area contributed by atoms with E-state index in [-0.39, 0.29) is 34.1 Å². The highest BCUT2D eigenvalue weighted by Crippen LogP contribution is 2.29. The Labute approximate surface area is 114 Å². The molecule has 0 atom stereocenters. The van der Waals surface area contributed by atoms with Crippen LogP contribution in [-0.4, -0.2) is 27.9 Å². The van der Waals surface area contributed by atoms with Gasteiger partial charge in [0.25, 0.3) is 0 Å². The molecule has 0 saturated carbocycles. The van der Waals surface area contributed by atoms with Crippen LogP contribution in [0.15, 0.2) is 24.4 Å². The molecule has 1 aromatic carbocycles. The maximum atomic E-state index is 11.8. The number of aromatic nitrogens is 1. The fraction of sp³-hybridized carbons (Fsp3) is 0.0769. The molecule has 20 heavy (non-hydrogen) atoms. The molecule has 0 amide bonds. The molecular weight excluding hydrogens is 262 g/mol. The third-order valence-corrected chi connectivity index (χ3v) is 2.71. The van der Waals surface area contributed by atoms with Crippen LogP contribution in [0.4, 0.5) is 5.69 Å². The summed E-state index contributed by atoms with van der Waals surface area (Å²) in [5.41, 5.74) is 6.03. The SMILES string of the molecule is COC(=O)c1c(N)c(C#N)cn1-c1cc(O)cc(O)c1. The standard InChI is InChI=1S/C13H11N3O4/c1-20-13(19)12-11(15)7(5-14)6-16(12)8-2-9(17)4-10(18)3-8/h2-4,6,17-18H,15H2,1H3. The van der Waals surface area contributed by atoms with Crippen molar-refractivity contribution in [1.29, 1.82) is 5.26 Å². The number of benzene rings is 1. The van der Waals surface area contributed by atoms with Gasteiger partial charge in [0.15, 0.2) is 5.69 Å². The average Bonchev–Trinajstić information content (AvgIpc) is 2.73. The highest BCUT2D eigenvalue weighted by Gasteiger charge is 2.22. The van der Waals surface area contributed by atoms with Crippen molar-refractivity contribution in [2.45, 2.75) is 0 Å². The van der Waals surface area contributed by atoms with Gasteiger partial charge < -0.3 is 25.3 Å². The Hall–Kier alpha value is -3.14. The summed E-state index contributed by atoms with van der Waals surface area (Å²) < 4.78 is 5.90. The largest absolute Gasteiger partial charge is 0.508 e. The van der Waals surface area contributed by atoms with Gasteiger partial charge in [0.2, 0.25) is 0 Å². The zero-order valence-electron chi connectivity index (χ0n) is 10.5. The van der Waals surface area contributed by atoms with Crippen molar-refractivity contribution in [3.63, 3.8) is 0 Å². The number of ether oxygens (including phenoxy) is 1. The molecule has 2 rings (SSSR count). The molecular formula is C13H11N3O4. The van der Waals surface area contributed by atoms with Crippen LogP contribution < -0.4 is 5.73 Å². The molecule has 0 fully saturated rings. The van der Waals surface area contributed by atoms with Crippen LogP contribution in [-0.2, 0) is 4.74 Å². The van der Waals surface area contributed by atoms with Gasteiger partial charge in [-0.2, -0.15) is 5.26 Å². The molecule has 1 heterocycles. The maximum Gasteiger partial charge on any atom is 0.357 e. The van der Waals surface area contributed by atoms with Gasteiger partial charge in [-0.3, -0.25) is 0 Å². The van der Waals surface area contributed by atoms with E-state index in [9.17, 15) is 15.0 Å². The lowest BCUT2D eigenvalue weighted by molar-refractivity contribution is 0.0593. The molecule has 0 bridgehead atoms. The average molecular weight is 273 g/mol. The number of rotatable bonds is 2. The minimum Gasteiger partial charge on any atom is -0.508 e. The normalized spacial score (nSPS) is 10.0. The van der Waals surface area contributed by atoms with Crippen LogP contribution in [0.1, 0.15) is 16.1 Å². The van der Waals surface area contributed by atoms with Gasteiger partial charge in [0.1, 0.15) is 17.6 Å². The molecule has 7 heteroatoms. The summed E-state index contributed by atoms with van der Waals surface area (Å²) >= 11 is 0. The zero-order valence-corrected chi connectivity index (χ0v) is 10.5. The van der Waals surface area contributed by atoms with E-state index in [1.165, 1.54) is 30.0 Å². The fourth-order valence-electron chi connectivity index (χ4n) is 1.84. The minimum atomic E-state index is -0.730. The number of nitrogens with zero attached hydrogens (tertiary/aromatic N) is 2. The van der Waals surface area contributed by atoms with Crippen molar-refractivity contribution in [3.05, 3.63) is 35.7 Å². The number of carbonyl (C=O) groups is 1. The number of nitriles is 1. The van der Waals surface area contributed by atoms with Gasteiger partial charge in [0, 0.05) is 24.4 Å². The predicted octanol–water partition coefficient (Wildman–Crippen LogP) is 1.13. The fourth-order valence-corrected chi connectivity index (χ4v) is 1.84. The number of esters is 1. The van der Waals surface area contributed by atoms with Crippen LogP contribution in [0.3, 0.4) is 0 Å². The first kappa shape index (κ1) is 13.3. The van der Waals surface area contributed by atoms with E-state index in [0.717, 1.165) is 6.07 Å². The third kappa shape index (κ3) is 2.10. The number of methoxy groups -OCH3 is 1. The molecule has 102 valence electrons. The Morgan fingerprint density at radius 3 is 2.45 bits per heavy atom. The predicted molar refractivity (Wildman–Crippen MR) is 69.6 cm³/mol. The summed E-state index contributed by atoms with van der Waals surface area (Å²) in [7, 11) is 1.19. The van der Waals surface area contributed by atoms with Crippen LogP contribution >= 0.6 is 0 Å². The van der Waals surface area contributed by atoms with Crippen molar-refractivity contribution < 1.29 is 19.7 Å². The van der Waals surface area contributed by atoms with Crippen molar-refractivity contribution >= 4 is 11.7 Å². The molecule has 0 aliphatic heterocycles. The van der Waals surface area contributed by atoms with E-state index in [2.05, 4.69) is 4.74 Å². The minimum absolute atomic E-state index is 0.0258. The lowest BCUT2D eigenvalue weighted by Gasteiger charge is -2.09. The van der Waals surface area contributed by atoms with Crippen LogP contribution in [0.25, 0.3) is 5.69 Å². The summed E-state index contributed by atoms with van der Waals surface area (Å²) in [5, 5.41) is 28.0. The first-order chi connectivity index (χ1) is 9.47. The molecule has 4 N–H and O–H groups in total. The van der Waals surface area contributed by atoms with Crippen molar-refractivity contribution in [1.82, 2.24) is 4.57 Å². The molecule has 0 spiro atoms. The summed E-state index contributed by atoms with van der Waals surface area (Å²) in [6, 6.07) is 5.62. The van der Waals surface area contributed by atoms with E-state index in [0.29, 0.717) is 0 Å².